The zero-order chi connectivity index (χ0) is 25.8. The first-order chi connectivity index (χ1) is 17.3. The predicted molar refractivity (Wildman–Crippen MR) is 150 cm³/mol. The summed E-state index contributed by atoms with van der Waals surface area (Å²) in [5, 5.41) is 4.10. The Kier molecular flexibility index (Phi) is 8.16. The van der Waals surface area contributed by atoms with Gasteiger partial charge in [0.05, 0.1) is 23.4 Å². The summed E-state index contributed by atoms with van der Waals surface area (Å²) >= 11 is 2.85. The number of nitrogens with zero attached hydrogens (tertiary/aromatic N) is 2. The van der Waals surface area contributed by atoms with Crippen LogP contribution in [0.2, 0.25) is 0 Å². The molecule has 6 nitrogen and oxygen atoms in total. The first kappa shape index (κ1) is 26.0. The molecule has 0 bridgehead atoms. The fourth-order valence-electron chi connectivity index (χ4n) is 3.99. The molecule has 2 aromatic carbocycles. The molecule has 1 amide bonds. The highest BCUT2D eigenvalue weighted by atomic mass is 32.2. The molecule has 0 radical (unpaired) electrons. The van der Waals surface area contributed by atoms with E-state index in [4.69, 9.17) is 9.72 Å². The lowest BCUT2D eigenvalue weighted by atomic mass is 10.1. The second-order valence-corrected chi connectivity index (χ2v) is 10.7. The second kappa shape index (κ2) is 11.3. The van der Waals surface area contributed by atoms with E-state index in [-0.39, 0.29) is 17.2 Å². The normalized spacial score (nSPS) is 11.1. The molecule has 0 aliphatic heterocycles. The molecule has 0 fully saturated rings. The summed E-state index contributed by atoms with van der Waals surface area (Å²) in [5.41, 5.74) is 4.62. The number of thioether (sulfide) groups is 1. The molecule has 4 rings (SSSR count). The van der Waals surface area contributed by atoms with E-state index in [1.807, 2.05) is 70.2 Å². The largest absolute Gasteiger partial charge is 0.494 e. The van der Waals surface area contributed by atoms with Crippen LogP contribution in [0.15, 0.2) is 52.4 Å². The topological polar surface area (TPSA) is 73.2 Å². The third kappa shape index (κ3) is 5.50. The molecule has 0 aliphatic carbocycles. The first-order valence-electron chi connectivity index (χ1n) is 12.1. The third-order valence-electron chi connectivity index (χ3n) is 6.04. The summed E-state index contributed by atoms with van der Waals surface area (Å²) in [6.45, 7) is 10.7. The number of rotatable bonds is 9. The maximum Gasteiger partial charge on any atom is 0.267 e. The Balaban J connectivity index is 1.67. The van der Waals surface area contributed by atoms with Gasteiger partial charge in [-0.1, -0.05) is 31.2 Å². The van der Waals surface area contributed by atoms with Gasteiger partial charge in [-0.05, 0) is 87.2 Å². The van der Waals surface area contributed by atoms with Gasteiger partial charge in [-0.2, -0.15) is 0 Å². The van der Waals surface area contributed by atoms with Gasteiger partial charge >= 0.3 is 0 Å². The van der Waals surface area contributed by atoms with Crippen molar-refractivity contribution in [2.45, 2.75) is 52.6 Å². The van der Waals surface area contributed by atoms with Gasteiger partial charge in [0.25, 0.3) is 5.56 Å². The van der Waals surface area contributed by atoms with Crippen LogP contribution >= 0.6 is 23.1 Å². The molecule has 0 saturated carbocycles. The number of benzene rings is 2. The average molecular weight is 522 g/mol. The Bertz CT molecular complexity index is 1460. The van der Waals surface area contributed by atoms with E-state index in [0.717, 1.165) is 45.8 Å². The van der Waals surface area contributed by atoms with E-state index in [2.05, 4.69) is 12.2 Å². The van der Waals surface area contributed by atoms with E-state index < -0.39 is 0 Å². The van der Waals surface area contributed by atoms with Crippen LogP contribution in [0.4, 0.5) is 5.69 Å². The van der Waals surface area contributed by atoms with E-state index in [1.54, 1.807) is 15.9 Å². The lowest BCUT2D eigenvalue weighted by molar-refractivity contribution is -0.113. The number of ether oxygens (including phenoxy) is 1. The number of nitrogens with one attached hydrogen (secondary N) is 1. The average Bonchev–Trinajstić information content (AvgIpc) is 3.16. The van der Waals surface area contributed by atoms with Gasteiger partial charge in [0.1, 0.15) is 10.6 Å². The number of carbonyl (C=O) groups excluding carboxylic acids is 1. The lowest BCUT2D eigenvalue weighted by Crippen LogP contribution is -2.23. The molecular formula is C28H31N3O3S2. The van der Waals surface area contributed by atoms with Crippen molar-refractivity contribution in [3.05, 3.63) is 74.4 Å². The maximum atomic E-state index is 13.8. The van der Waals surface area contributed by atoms with Gasteiger partial charge in [0.15, 0.2) is 5.16 Å². The Morgan fingerprint density at radius 2 is 1.83 bits per heavy atom. The number of carbonyl (C=O) groups is 1. The predicted octanol–water partition coefficient (Wildman–Crippen LogP) is 6.45. The number of hydrogen-bond acceptors (Lipinski definition) is 6. The molecule has 188 valence electrons. The molecule has 2 heterocycles. The molecule has 0 aliphatic rings. The zero-order valence-electron chi connectivity index (χ0n) is 21.3. The number of thiophene rings is 1. The molecule has 4 aromatic rings. The molecule has 0 spiro atoms. The van der Waals surface area contributed by atoms with Crippen molar-refractivity contribution in [2.75, 3.05) is 17.7 Å². The van der Waals surface area contributed by atoms with Gasteiger partial charge in [-0.25, -0.2) is 4.98 Å². The van der Waals surface area contributed by atoms with Gasteiger partial charge < -0.3 is 10.1 Å². The number of aryl methyl sites for hydroxylation is 4. The van der Waals surface area contributed by atoms with Crippen LogP contribution in [0.3, 0.4) is 0 Å². The maximum absolute atomic E-state index is 13.8. The molecular weight excluding hydrogens is 490 g/mol. The van der Waals surface area contributed by atoms with E-state index in [1.165, 1.54) is 16.6 Å². The van der Waals surface area contributed by atoms with E-state index in [0.29, 0.717) is 22.8 Å². The van der Waals surface area contributed by atoms with Gasteiger partial charge in [0.2, 0.25) is 5.91 Å². The number of fused-ring (bicyclic) bond motifs is 1. The Morgan fingerprint density at radius 1 is 1.08 bits per heavy atom. The number of hydrogen-bond donors (Lipinski definition) is 1. The Morgan fingerprint density at radius 3 is 2.50 bits per heavy atom. The van der Waals surface area contributed by atoms with Crippen molar-refractivity contribution in [2.24, 2.45) is 0 Å². The van der Waals surface area contributed by atoms with Crippen LogP contribution in [-0.4, -0.2) is 27.8 Å². The minimum Gasteiger partial charge on any atom is -0.494 e. The summed E-state index contributed by atoms with van der Waals surface area (Å²) in [6.07, 6.45) is 1.93. The van der Waals surface area contributed by atoms with Crippen molar-refractivity contribution >= 4 is 44.9 Å². The van der Waals surface area contributed by atoms with Crippen LogP contribution in [0.5, 0.6) is 5.75 Å². The van der Waals surface area contributed by atoms with Crippen LogP contribution < -0.4 is 15.6 Å². The van der Waals surface area contributed by atoms with E-state index >= 15 is 0 Å². The highest BCUT2D eigenvalue weighted by Crippen LogP contribution is 2.31. The van der Waals surface area contributed by atoms with Gasteiger partial charge in [-0.15, -0.1) is 11.3 Å². The molecule has 2 aromatic heterocycles. The lowest BCUT2D eigenvalue weighted by Gasteiger charge is -2.14. The van der Waals surface area contributed by atoms with Gasteiger partial charge in [-0.3, -0.25) is 14.2 Å². The molecule has 0 saturated heterocycles. The Labute approximate surface area is 219 Å². The van der Waals surface area contributed by atoms with Crippen molar-refractivity contribution in [1.29, 1.82) is 0 Å². The summed E-state index contributed by atoms with van der Waals surface area (Å²) in [6, 6.07) is 13.2. The fraction of sp³-hybridized carbons (Fsp3) is 0.321. The highest BCUT2D eigenvalue weighted by Gasteiger charge is 2.20. The van der Waals surface area contributed by atoms with Crippen LogP contribution in [-0.2, 0) is 11.2 Å². The van der Waals surface area contributed by atoms with Crippen molar-refractivity contribution in [1.82, 2.24) is 9.55 Å². The number of amides is 1. The van der Waals surface area contributed by atoms with Crippen LogP contribution in [0.25, 0.3) is 15.9 Å². The summed E-state index contributed by atoms with van der Waals surface area (Å²) < 4.78 is 7.11. The minimum atomic E-state index is -0.167. The van der Waals surface area contributed by atoms with E-state index in [9.17, 15) is 9.59 Å². The number of anilines is 1. The smallest absolute Gasteiger partial charge is 0.267 e. The third-order valence-corrected chi connectivity index (χ3v) is 8.22. The quantitative estimate of drug-likeness (QED) is 0.202. The monoisotopic (exact) mass is 521 g/mol. The molecule has 0 unspecified atom stereocenters. The highest BCUT2D eigenvalue weighted by molar-refractivity contribution is 7.99. The first-order valence-corrected chi connectivity index (χ1v) is 13.9. The van der Waals surface area contributed by atoms with Gasteiger partial charge in [0, 0.05) is 10.6 Å². The second-order valence-electron chi connectivity index (χ2n) is 8.68. The Hall–Kier alpha value is -3.10. The number of aromatic nitrogens is 2. The summed E-state index contributed by atoms with van der Waals surface area (Å²) in [7, 11) is 0. The zero-order valence-corrected chi connectivity index (χ0v) is 22.9. The van der Waals surface area contributed by atoms with Crippen LogP contribution in [0, 0.1) is 20.8 Å². The van der Waals surface area contributed by atoms with Crippen LogP contribution in [0.1, 0.15) is 41.8 Å². The molecule has 36 heavy (non-hydrogen) atoms. The van der Waals surface area contributed by atoms with Crippen molar-refractivity contribution in [3.8, 4) is 11.4 Å². The fourth-order valence-corrected chi connectivity index (χ4v) is 6.13. The van der Waals surface area contributed by atoms with Crippen molar-refractivity contribution in [3.63, 3.8) is 0 Å². The minimum absolute atomic E-state index is 0.0891. The standard InChI is InChI=1S/C28H31N3O3S2/c1-6-8-23-19(5)25-26(36-23)30-28(31(27(25)33)21-12-9-17(3)18(4)15-21)35-16-24(32)29-20-10-13-22(14-11-20)34-7-2/h9-15H,6-8,16H2,1-5H3,(H,29,32). The molecule has 0 atom stereocenters. The summed E-state index contributed by atoms with van der Waals surface area (Å²) in [4.78, 5) is 33.4. The summed E-state index contributed by atoms with van der Waals surface area (Å²) in [5.74, 6) is 0.718. The molecule has 1 N–H and O–H groups in total. The SMILES string of the molecule is CCCc1sc2nc(SCC(=O)Nc3ccc(OCC)cc3)n(-c3ccc(C)c(C)c3)c(=O)c2c1C. The van der Waals surface area contributed by atoms with Crippen molar-refractivity contribution < 1.29 is 9.53 Å². The molecule has 8 heteroatoms.